The topological polar surface area (TPSA) is 15.3 Å². The molecule has 0 aliphatic rings. The van der Waals surface area contributed by atoms with Crippen molar-refractivity contribution in [3.05, 3.63) is 23.8 Å². The van der Waals surface area contributed by atoms with Crippen molar-refractivity contribution >= 4 is 11.4 Å². The number of nitrogens with zero attached hydrogens (tertiary/aromatic N) is 1. The van der Waals surface area contributed by atoms with Gasteiger partial charge in [-0.05, 0) is 31.0 Å². The summed E-state index contributed by atoms with van der Waals surface area (Å²) in [6, 6.07) is 6.42. The summed E-state index contributed by atoms with van der Waals surface area (Å²) in [6.07, 6.45) is 7.06. The van der Waals surface area contributed by atoms with Gasteiger partial charge in [0, 0.05) is 38.4 Å². The van der Waals surface area contributed by atoms with Crippen molar-refractivity contribution < 1.29 is 0 Å². The third-order valence-corrected chi connectivity index (χ3v) is 2.52. The summed E-state index contributed by atoms with van der Waals surface area (Å²) in [4.78, 5) is 2.13. The fraction of sp³-hybridized carbons (Fsp3) is 0.429. The Bertz CT molecular complexity index is 375. The Labute approximate surface area is 98.7 Å². The molecule has 1 rings (SSSR count). The summed E-state index contributed by atoms with van der Waals surface area (Å²) >= 11 is 0. The lowest BCUT2D eigenvalue weighted by Gasteiger charge is -2.17. The SMILES string of the molecule is C#CCCCNc1ccc(C)c(N(C)C)c1. The third kappa shape index (κ3) is 3.51. The first-order chi connectivity index (χ1) is 7.65. The number of benzene rings is 1. The van der Waals surface area contributed by atoms with Crippen LogP contribution in [0.2, 0.25) is 0 Å². The molecule has 0 atom stereocenters. The molecule has 0 radical (unpaired) electrons. The number of hydrogen-bond donors (Lipinski definition) is 1. The van der Waals surface area contributed by atoms with Gasteiger partial charge in [-0.15, -0.1) is 12.3 Å². The van der Waals surface area contributed by atoms with Crippen LogP contribution in [0.5, 0.6) is 0 Å². The van der Waals surface area contributed by atoms with Crippen LogP contribution in [-0.4, -0.2) is 20.6 Å². The van der Waals surface area contributed by atoms with Crippen LogP contribution in [0.1, 0.15) is 18.4 Å². The maximum Gasteiger partial charge on any atom is 0.0411 e. The molecule has 86 valence electrons. The van der Waals surface area contributed by atoms with Gasteiger partial charge in [0.25, 0.3) is 0 Å². The molecule has 0 unspecified atom stereocenters. The monoisotopic (exact) mass is 216 g/mol. The summed E-state index contributed by atoms with van der Waals surface area (Å²) in [6.45, 7) is 3.05. The van der Waals surface area contributed by atoms with Crippen molar-refractivity contribution in [1.82, 2.24) is 0 Å². The van der Waals surface area contributed by atoms with Crippen LogP contribution in [0.15, 0.2) is 18.2 Å². The predicted molar refractivity (Wildman–Crippen MR) is 72.1 cm³/mol. The molecule has 0 aromatic heterocycles. The first-order valence-electron chi connectivity index (χ1n) is 5.60. The maximum atomic E-state index is 5.21. The van der Waals surface area contributed by atoms with Gasteiger partial charge in [0.2, 0.25) is 0 Å². The highest BCUT2D eigenvalue weighted by atomic mass is 15.1. The lowest BCUT2D eigenvalue weighted by molar-refractivity contribution is 0.907. The summed E-state index contributed by atoms with van der Waals surface area (Å²) < 4.78 is 0. The second-order valence-electron chi connectivity index (χ2n) is 4.13. The molecule has 0 saturated heterocycles. The Kier molecular flexibility index (Phi) is 4.72. The molecule has 0 saturated carbocycles. The second kappa shape index (κ2) is 6.07. The van der Waals surface area contributed by atoms with Crippen molar-refractivity contribution in [1.29, 1.82) is 0 Å². The standard InChI is InChI=1S/C14H20N2/c1-5-6-7-10-15-13-9-8-12(2)14(11-13)16(3)4/h1,8-9,11,15H,6-7,10H2,2-4H3. The maximum absolute atomic E-state index is 5.21. The zero-order valence-electron chi connectivity index (χ0n) is 10.4. The molecule has 16 heavy (non-hydrogen) atoms. The van der Waals surface area contributed by atoms with Gasteiger partial charge in [-0.25, -0.2) is 0 Å². The van der Waals surface area contributed by atoms with E-state index in [1.807, 2.05) is 0 Å². The van der Waals surface area contributed by atoms with Crippen LogP contribution < -0.4 is 10.2 Å². The molecule has 0 spiro atoms. The van der Waals surface area contributed by atoms with E-state index in [4.69, 9.17) is 6.42 Å². The fourth-order valence-corrected chi connectivity index (χ4v) is 1.62. The predicted octanol–water partition coefficient (Wildman–Crippen LogP) is 2.89. The lowest BCUT2D eigenvalue weighted by atomic mass is 10.1. The van der Waals surface area contributed by atoms with Crippen molar-refractivity contribution in [3.63, 3.8) is 0 Å². The van der Waals surface area contributed by atoms with E-state index in [1.54, 1.807) is 0 Å². The van der Waals surface area contributed by atoms with Crippen LogP contribution in [-0.2, 0) is 0 Å². The van der Waals surface area contributed by atoms with Gasteiger partial charge in [-0.2, -0.15) is 0 Å². The van der Waals surface area contributed by atoms with E-state index in [9.17, 15) is 0 Å². The molecule has 1 aromatic carbocycles. The molecule has 0 heterocycles. The second-order valence-corrected chi connectivity index (χ2v) is 4.13. The molecule has 1 aromatic rings. The highest BCUT2D eigenvalue weighted by molar-refractivity contribution is 5.61. The van der Waals surface area contributed by atoms with E-state index in [-0.39, 0.29) is 0 Å². The largest absolute Gasteiger partial charge is 0.385 e. The zero-order chi connectivity index (χ0) is 12.0. The van der Waals surface area contributed by atoms with E-state index in [0.29, 0.717) is 0 Å². The van der Waals surface area contributed by atoms with Gasteiger partial charge in [-0.3, -0.25) is 0 Å². The normalized spacial score (nSPS) is 9.62. The molecular formula is C14H20N2. The number of hydrogen-bond acceptors (Lipinski definition) is 2. The van der Waals surface area contributed by atoms with Crippen LogP contribution in [0.4, 0.5) is 11.4 Å². The molecule has 2 nitrogen and oxygen atoms in total. The number of rotatable bonds is 5. The summed E-state index contributed by atoms with van der Waals surface area (Å²) in [7, 11) is 4.12. The minimum Gasteiger partial charge on any atom is -0.385 e. The number of unbranched alkanes of at least 4 members (excludes halogenated alkanes) is 1. The molecule has 0 bridgehead atoms. The van der Waals surface area contributed by atoms with Crippen molar-refractivity contribution in [2.45, 2.75) is 19.8 Å². The van der Waals surface area contributed by atoms with E-state index in [1.165, 1.54) is 11.3 Å². The van der Waals surface area contributed by atoms with Crippen molar-refractivity contribution in [2.24, 2.45) is 0 Å². The Morgan fingerprint density at radius 2 is 2.12 bits per heavy atom. The third-order valence-electron chi connectivity index (χ3n) is 2.52. The average molecular weight is 216 g/mol. The van der Waals surface area contributed by atoms with E-state index >= 15 is 0 Å². The fourth-order valence-electron chi connectivity index (χ4n) is 1.62. The first-order valence-corrected chi connectivity index (χ1v) is 5.60. The van der Waals surface area contributed by atoms with Crippen molar-refractivity contribution in [2.75, 3.05) is 30.9 Å². The number of aryl methyl sites for hydroxylation is 1. The Morgan fingerprint density at radius 3 is 2.75 bits per heavy atom. The summed E-state index contributed by atoms with van der Waals surface area (Å²) in [5.41, 5.74) is 3.70. The van der Waals surface area contributed by atoms with Gasteiger partial charge in [0.05, 0.1) is 0 Å². The van der Waals surface area contributed by atoms with Gasteiger partial charge in [0.1, 0.15) is 0 Å². The Hall–Kier alpha value is -1.62. The summed E-state index contributed by atoms with van der Waals surface area (Å²) in [5, 5.41) is 3.38. The molecule has 2 heteroatoms. The molecular weight excluding hydrogens is 196 g/mol. The molecule has 1 N–H and O–H groups in total. The zero-order valence-corrected chi connectivity index (χ0v) is 10.4. The molecule has 0 amide bonds. The van der Waals surface area contributed by atoms with Gasteiger partial charge >= 0.3 is 0 Å². The van der Waals surface area contributed by atoms with Gasteiger partial charge in [-0.1, -0.05) is 6.07 Å². The number of nitrogens with one attached hydrogen (secondary N) is 1. The van der Waals surface area contributed by atoms with Crippen LogP contribution >= 0.6 is 0 Å². The highest BCUT2D eigenvalue weighted by Crippen LogP contribution is 2.22. The first kappa shape index (κ1) is 12.4. The molecule has 0 aliphatic heterocycles. The average Bonchev–Trinajstić information content (AvgIpc) is 2.26. The van der Waals surface area contributed by atoms with E-state index in [2.05, 4.69) is 55.4 Å². The van der Waals surface area contributed by atoms with E-state index < -0.39 is 0 Å². The quantitative estimate of drug-likeness (QED) is 0.601. The molecule has 0 fully saturated rings. The van der Waals surface area contributed by atoms with Crippen LogP contribution in [0, 0.1) is 19.3 Å². The minimum absolute atomic E-state index is 0.833. The summed E-state index contributed by atoms with van der Waals surface area (Å²) in [5.74, 6) is 2.64. The van der Waals surface area contributed by atoms with Gasteiger partial charge in [0.15, 0.2) is 0 Å². The smallest absolute Gasteiger partial charge is 0.0411 e. The Balaban J connectivity index is 2.61. The number of terminal acetylenes is 1. The minimum atomic E-state index is 0.833. The molecule has 0 aliphatic carbocycles. The lowest BCUT2D eigenvalue weighted by Crippen LogP contribution is -2.11. The highest BCUT2D eigenvalue weighted by Gasteiger charge is 2.01. The van der Waals surface area contributed by atoms with Crippen LogP contribution in [0.3, 0.4) is 0 Å². The van der Waals surface area contributed by atoms with Crippen molar-refractivity contribution in [3.8, 4) is 12.3 Å². The van der Waals surface area contributed by atoms with Crippen LogP contribution in [0.25, 0.3) is 0 Å². The van der Waals surface area contributed by atoms with Gasteiger partial charge < -0.3 is 10.2 Å². The number of anilines is 2. The van der Waals surface area contributed by atoms with E-state index in [0.717, 1.165) is 25.1 Å². The Morgan fingerprint density at radius 1 is 1.38 bits per heavy atom.